The number of rotatable bonds is 4. The van der Waals surface area contributed by atoms with Crippen LogP contribution in [0.1, 0.15) is 53.1 Å². The number of piperidine rings is 1. The molecule has 3 nitrogen and oxygen atoms in total. The molecule has 1 N–H and O–H groups in total. The summed E-state index contributed by atoms with van der Waals surface area (Å²) in [5, 5.41) is 1.12. The van der Waals surface area contributed by atoms with Gasteiger partial charge in [-0.05, 0) is 73.5 Å². The van der Waals surface area contributed by atoms with Gasteiger partial charge in [0.2, 0.25) is 0 Å². The molecule has 0 saturated carbocycles. The van der Waals surface area contributed by atoms with Gasteiger partial charge in [0.1, 0.15) is 11.6 Å². The lowest BCUT2D eigenvalue weighted by Gasteiger charge is -2.35. The maximum atomic E-state index is 14.0. The number of aromatic nitrogens is 1. The third-order valence-electron chi connectivity index (χ3n) is 6.63. The lowest BCUT2D eigenvalue weighted by atomic mass is 9.87. The predicted molar refractivity (Wildman–Crippen MR) is 109 cm³/mol. The van der Waals surface area contributed by atoms with Crippen molar-refractivity contribution in [3.8, 4) is 0 Å². The number of halogens is 2. The fraction of sp³-hybridized carbons (Fsp3) is 0.375. The monoisotopic (exact) mass is 394 g/mol. The van der Waals surface area contributed by atoms with Crippen LogP contribution in [0.3, 0.4) is 0 Å². The molecule has 2 fully saturated rings. The van der Waals surface area contributed by atoms with Gasteiger partial charge in [0.05, 0.1) is 5.56 Å². The average molecular weight is 394 g/mol. The number of Topliss-reactive ketones (excluding diaryl/α,β-unsaturated/α-hetero) is 1. The van der Waals surface area contributed by atoms with Crippen molar-refractivity contribution in [2.45, 2.75) is 44.1 Å². The van der Waals surface area contributed by atoms with E-state index in [-0.39, 0.29) is 6.42 Å². The number of H-pyrrole nitrogens is 1. The molecule has 1 aromatic heterocycles. The minimum absolute atomic E-state index is 0.0166. The number of aromatic amines is 1. The van der Waals surface area contributed by atoms with Crippen LogP contribution in [0, 0.1) is 11.6 Å². The average Bonchev–Trinajstić information content (AvgIpc) is 3.33. The highest BCUT2D eigenvalue weighted by Crippen LogP contribution is 2.37. The smallest absolute Gasteiger partial charge is 0.173 e. The molecule has 0 spiro atoms. The molecule has 150 valence electrons. The molecule has 2 saturated heterocycles. The van der Waals surface area contributed by atoms with Gasteiger partial charge in [-0.1, -0.05) is 12.1 Å². The van der Waals surface area contributed by atoms with Gasteiger partial charge >= 0.3 is 0 Å². The summed E-state index contributed by atoms with van der Waals surface area (Å²) in [6, 6.07) is 10.1. The Morgan fingerprint density at radius 1 is 1.10 bits per heavy atom. The maximum Gasteiger partial charge on any atom is 0.173 e. The Balaban J connectivity index is 1.42. The Kier molecular flexibility index (Phi) is 4.70. The molecule has 2 unspecified atom stereocenters. The van der Waals surface area contributed by atoms with Crippen LogP contribution in [-0.4, -0.2) is 34.8 Å². The van der Waals surface area contributed by atoms with Crippen molar-refractivity contribution < 1.29 is 13.6 Å². The van der Waals surface area contributed by atoms with Gasteiger partial charge < -0.3 is 4.98 Å². The number of nitrogens with one attached hydrogen (secondary N) is 1. The molecule has 2 atom stereocenters. The molecule has 2 aliphatic rings. The fourth-order valence-corrected chi connectivity index (χ4v) is 5.16. The van der Waals surface area contributed by atoms with Crippen LogP contribution in [0.15, 0.2) is 42.6 Å². The van der Waals surface area contributed by atoms with Crippen molar-refractivity contribution in [3.63, 3.8) is 0 Å². The summed E-state index contributed by atoms with van der Waals surface area (Å²) in [7, 11) is 0. The molecule has 2 aliphatic heterocycles. The number of carbonyl (C=O) groups is 1. The van der Waals surface area contributed by atoms with Gasteiger partial charge in [-0.3, -0.25) is 9.69 Å². The second kappa shape index (κ2) is 7.38. The number of carbonyl (C=O) groups excluding carboxylic acids is 1. The molecule has 5 heteroatoms. The molecule has 2 aromatic carbocycles. The molecule has 3 heterocycles. The summed E-state index contributed by atoms with van der Waals surface area (Å²) in [5.74, 6) is -1.66. The first-order chi connectivity index (χ1) is 14.1. The normalized spacial score (nSPS) is 22.1. The molecule has 0 aliphatic carbocycles. The van der Waals surface area contributed by atoms with Crippen molar-refractivity contribution in [3.05, 3.63) is 70.9 Å². The first kappa shape index (κ1) is 18.5. The number of benzene rings is 2. The Morgan fingerprint density at radius 2 is 1.93 bits per heavy atom. The van der Waals surface area contributed by atoms with E-state index in [1.54, 1.807) is 0 Å². The van der Waals surface area contributed by atoms with E-state index in [0.717, 1.165) is 41.2 Å². The molecule has 0 amide bonds. The zero-order valence-corrected chi connectivity index (χ0v) is 16.3. The van der Waals surface area contributed by atoms with Crippen LogP contribution in [-0.2, 0) is 6.42 Å². The highest BCUT2D eigenvalue weighted by Gasteiger charge is 2.33. The summed E-state index contributed by atoms with van der Waals surface area (Å²) >= 11 is 0. The quantitative estimate of drug-likeness (QED) is 0.617. The van der Waals surface area contributed by atoms with E-state index in [4.69, 9.17) is 0 Å². The van der Waals surface area contributed by atoms with E-state index in [9.17, 15) is 13.6 Å². The largest absolute Gasteiger partial charge is 0.361 e. The summed E-state index contributed by atoms with van der Waals surface area (Å²) in [5.41, 5.74) is 2.66. The van der Waals surface area contributed by atoms with Crippen LogP contribution in [0.5, 0.6) is 0 Å². The van der Waals surface area contributed by atoms with Crippen LogP contribution >= 0.6 is 0 Å². The van der Waals surface area contributed by atoms with Crippen molar-refractivity contribution in [1.29, 1.82) is 0 Å². The van der Waals surface area contributed by atoms with Crippen LogP contribution in [0.2, 0.25) is 0 Å². The summed E-state index contributed by atoms with van der Waals surface area (Å²) in [6.07, 6.45) is 7.11. The molecule has 29 heavy (non-hydrogen) atoms. The van der Waals surface area contributed by atoms with Crippen molar-refractivity contribution in [2.75, 3.05) is 13.1 Å². The maximum absolute atomic E-state index is 14.0. The van der Waals surface area contributed by atoms with E-state index in [1.165, 1.54) is 43.9 Å². The molecule has 0 radical (unpaired) electrons. The molecule has 0 bridgehead atoms. The van der Waals surface area contributed by atoms with Crippen molar-refractivity contribution in [2.24, 2.45) is 0 Å². The number of hydrogen-bond acceptors (Lipinski definition) is 2. The molecule has 5 rings (SSSR count). The highest BCUT2D eigenvalue weighted by molar-refractivity contribution is 5.98. The zero-order chi connectivity index (χ0) is 20.0. The Bertz CT molecular complexity index is 1050. The van der Waals surface area contributed by atoms with E-state index in [0.29, 0.717) is 5.92 Å². The number of fused-ring (bicyclic) bond motifs is 2. The fourth-order valence-electron chi connectivity index (χ4n) is 5.16. The van der Waals surface area contributed by atoms with Crippen LogP contribution < -0.4 is 0 Å². The minimum atomic E-state index is -0.805. The lowest BCUT2D eigenvalue weighted by Crippen LogP contribution is -2.37. The van der Waals surface area contributed by atoms with Gasteiger partial charge in [-0.25, -0.2) is 8.78 Å². The van der Waals surface area contributed by atoms with Crippen LogP contribution in [0.25, 0.3) is 10.9 Å². The van der Waals surface area contributed by atoms with Crippen molar-refractivity contribution in [1.82, 2.24) is 9.88 Å². The van der Waals surface area contributed by atoms with E-state index >= 15 is 0 Å². The van der Waals surface area contributed by atoms with Gasteiger partial charge in [-0.15, -0.1) is 0 Å². The Morgan fingerprint density at radius 3 is 2.76 bits per heavy atom. The molecular weight excluding hydrogens is 370 g/mol. The van der Waals surface area contributed by atoms with E-state index < -0.39 is 23.0 Å². The van der Waals surface area contributed by atoms with Crippen molar-refractivity contribution >= 4 is 16.7 Å². The molecule has 3 aromatic rings. The minimum Gasteiger partial charge on any atom is -0.361 e. The van der Waals surface area contributed by atoms with E-state index in [1.807, 2.05) is 18.2 Å². The van der Waals surface area contributed by atoms with Gasteiger partial charge in [0, 0.05) is 36.1 Å². The number of hydrogen-bond donors (Lipinski definition) is 1. The van der Waals surface area contributed by atoms with Crippen LogP contribution in [0.4, 0.5) is 8.78 Å². The Hall–Kier alpha value is -2.53. The molecular formula is C24H24F2N2O. The summed E-state index contributed by atoms with van der Waals surface area (Å²) in [6.45, 7) is 2.28. The number of nitrogens with zero attached hydrogens (tertiary/aromatic N) is 1. The third kappa shape index (κ3) is 3.38. The Labute approximate surface area is 168 Å². The summed E-state index contributed by atoms with van der Waals surface area (Å²) < 4.78 is 27.9. The summed E-state index contributed by atoms with van der Waals surface area (Å²) in [4.78, 5) is 18.5. The lowest BCUT2D eigenvalue weighted by molar-refractivity contribution is 0.0985. The SMILES string of the molecule is O=C(Cc1ccc2[nH]cc(C3CCC4CCCN4C3)c2c1)c1c(F)cccc1F. The predicted octanol–water partition coefficient (Wildman–Crippen LogP) is 5.21. The first-order valence-electron chi connectivity index (χ1n) is 10.4. The second-order valence-corrected chi connectivity index (χ2v) is 8.39. The zero-order valence-electron chi connectivity index (χ0n) is 16.3. The topological polar surface area (TPSA) is 36.1 Å². The van der Waals surface area contributed by atoms with Gasteiger partial charge in [0.25, 0.3) is 0 Å². The van der Waals surface area contributed by atoms with Gasteiger partial charge in [-0.2, -0.15) is 0 Å². The highest BCUT2D eigenvalue weighted by atomic mass is 19.1. The second-order valence-electron chi connectivity index (χ2n) is 8.39. The van der Waals surface area contributed by atoms with Gasteiger partial charge in [0.15, 0.2) is 5.78 Å². The van der Waals surface area contributed by atoms with E-state index in [2.05, 4.69) is 16.1 Å². The number of ketones is 1. The standard InChI is InChI=1S/C24H24F2N2O/c25-20-4-1-5-21(26)24(20)23(29)12-15-6-9-22-18(11-15)19(13-27-22)16-7-8-17-3-2-10-28(17)14-16/h1,4-6,9,11,13,16-17,27H,2-3,7-8,10,12,14H2. The third-order valence-corrected chi connectivity index (χ3v) is 6.63. The first-order valence-corrected chi connectivity index (χ1v) is 10.4.